The van der Waals surface area contributed by atoms with Crippen molar-refractivity contribution in [3.63, 3.8) is 0 Å². The summed E-state index contributed by atoms with van der Waals surface area (Å²) >= 11 is 0. The molecule has 21 heavy (non-hydrogen) atoms. The van der Waals surface area contributed by atoms with E-state index in [9.17, 15) is 9.18 Å². The Morgan fingerprint density at radius 3 is 2.52 bits per heavy atom. The van der Waals surface area contributed by atoms with E-state index in [1.54, 1.807) is 0 Å². The number of rotatable bonds is 5. The molecule has 0 radical (unpaired) electrons. The zero-order valence-corrected chi connectivity index (χ0v) is 11.8. The lowest BCUT2D eigenvalue weighted by Gasteiger charge is -2.10. The maximum absolute atomic E-state index is 13.0. The lowest BCUT2D eigenvalue weighted by molar-refractivity contribution is 0.0690. The highest BCUT2D eigenvalue weighted by Crippen LogP contribution is 2.19. The van der Waals surface area contributed by atoms with Crippen molar-refractivity contribution >= 4 is 11.8 Å². The van der Waals surface area contributed by atoms with Crippen LogP contribution in [0, 0.1) is 11.7 Å². The van der Waals surface area contributed by atoms with Crippen molar-refractivity contribution in [3.8, 4) is 11.4 Å². The van der Waals surface area contributed by atoms with E-state index in [4.69, 9.17) is 5.11 Å². The summed E-state index contributed by atoms with van der Waals surface area (Å²) in [5, 5.41) is 12.2. The number of carboxylic acids is 1. The fourth-order valence-corrected chi connectivity index (χ4v) is 1.68. The molecule has 0 unspecified atom stereocenters. The number of hydrogen-bond acceptors (Lipinski definition) is 4. The van der Waals surface area contributed by atoms with Crippen molar-refractivity contribution in [2.45, 2.75) is 13.8 Å². The molecule has 110 valence electrons. The van der Waals surface area contributed by atoms with Gasteiger partial charge in [-0.05, 0) is 30.2 Å². The predicted octanol–water partition coefficient (Wildman–Crippen LogP) is 3.05. The predicted molar refractivity (Wildman–Crippen MR) is 77.7 cm³/mol. The van der Waals surface area contributed by atoms with Crippen LogP contribution in [0.1, 0.15) is 24.3 Å². The van der Waals surface area contributed by atoms with Gasteiger partial charge in [0.05, 0.1) is 0 Å². The van der Waals surface area contributed by atoms with E-state index in [1.807, 2.05) is 13.8 Å². The molecule has 0 aliphatic carbocycles. The summed E-state index contributed by atoms with van der Waals surface area (Å²) in [5.74, 6) is -0.418. The molecular weight excluding hydrogens is 273 g/mol. The maximum Gasteiger partial charge on any atom is 0.354 e. The van der Waals surface area contributed by atoms with Crippen molar-refractivity contribution in [2.24, 2.45) is 5.92 Å². The molecule has 6 heteroatoms. The Morgan fingerprint density at radius 1 is 1.29 bits per heavy atom. The zero-order chi connectivity index (χ0) is 15.4. The monoisotopic (exact) mass is 289 g/mol. The SMILES string of the molecule is CC(C)CNc1cc(C(=O)O)nc(-c2ccc(F)cc2)n1. The number of benzene rings is 1. The van der Waals surface area contributed by atoms with Gasteiger partial charge in [0.25, 0.3) is 0 Å². The molecule has 0 amide bonds. The molecule has 2 N–H and O–H groups in total. The van der Waals surface area contributed by atoms with Crippen LogP contribution < -0.4 is 5.32 Å². The molecule has 0 bridgehead atoms. The molecule has 2 aromatic rings. The number of anilines is 1. The Balaban J connectivity index is 2.39. The average Bonchev–Trinajstić information content (AvgIpc) is 2.45. The van der Waals surface area contributed by atoms with Crippen LogP contribution in [0.4, 0.5) is 10.2 Å². The number of hydrogen-bond donors (Lipinski definition) is 2. The fraction of sp³-hybridized carbons (Fsp3) is 0.267. The minimum Gasteiger partial charge on any atom is -0.477 e. The van der Waals surface area contributed by atoms with Gasteiger partial charge in [-0.1, -0.05) is 13.8 Å². The normalized spacial score (nSPS) is 10.7. The first kappa shape index (κ1) is 14.9. The largest absolute Gasteiger partial charge is 0.477 e. The molecule has 0 spiro atoms. The number of nitrogens with zero attached hydrogens (tertiary/aromatic N) is 2. The zero-order valence-electron chi connectivity index (χ0n) is 11.8. The smallest absolute Gasteiger partial charge is 0.354 e. The summed E-state index contributed by atoms with van der Waals surface area (Å²) in [5.41, 5.74) is 0.461. The van der Waals surface area contributed by atoms with Crippen LogP contribution in [-0.2, 0) is 0 Å². The quantitative estimate of drug-likeness (QED) is 0.884. The maximum atomic E-state index is 13.0. The molecule has 0 saturated carbocycles. The fourth-order valence-electron chi connectivity index (χ4n) is 1.68. The molecular formula is C15H16FN3O2. The second-order valence-electron chi connectivity index (χ2n) is 5.05. The second-order valence-corrected chi connectivity index (χ2v) is 5.05. The van der Waals surface area contributed by atoms with Gasteiger partial charge in [0.15, 0.2) is 11.5 Å². The first-order valence-electron chi connectivity index (χ1n) is 6.58. The van der Waals surface area contributed by atoms with Gasteiger partial charge in [0, 0.05) is 18.2 Å². The molecule has 0 aliphatic heterocycles. The molecule has 1 aromatic heterocycles. The number of nitrogens with one attached hydrogen (secondary N) is 1. The van der Waals surface area contributed by atoms with Gasteiger partial charge < -0.3 is 10.4 Å². The highest BCUT2D eigenvalue weighted by Gasteiger charge is 2.12. The Hall–Kier alpha value is -2.50. The van der Waals surface area contributed by atoms with E-state index in [1.165, 1.54) is 30.3 Å². The topological polar surface area (TPSA) is 75.1 Å². The van der Waals surface area contributed by atoms with Crippen LogP contribution >= 0.6 is 0 Å². The Bertz CT molecular complexity index is 642. The first-order chi connectivity index (χ1) is 9.95. The first-order valence-corrected chi connectivity index (χ1v) is 6.58. The molecule has 1 aromatic carbocycles. The minimum atomic E-state index is -1.13. The van der Waals surface area contributed by atoms with Crippen LogP contribution in [-0.4, -0.2) is 27.6 Å². The third-order valence-electron chi connectivity index (χ3n) is 2.74. The lowest BCUT2D eigenvalue weighted by atomic mass is 10.2. The number of aromatic nitrogens is 2. The van der Waals surface area contributed by atoms with E-state index < -0.39 is 5.97 Å². The number of carboxylic acid groups (broad SMARTS) is 1. The summed E-state index contributed by atoms with van der Waals surface area (Å²) in [6, 6.07) is 6.99. The molecule has 1 heterocycles. The molecule has 0 saturated heterocycles. The van der Waals surface area contributed by atoms with Gasteiger partial charge in [0.2, 0.25) is 0 Å². The Labute approximate surface area is 121 Å². The van der Waals surface area contributed by atoms with Crippen molar-refractivity contribution in [1.82, 2.24) is 9.97 Å². The summed E-state index contributed by atoms with van der Waals surface area (Å²) in [6.45, 7) is 4.74. The summed E-state index contributed by atoms with van der Waals surface area (Å²) < 4.78 is 13.0. The summed E-state index contributed by atoms with van der Waals surface area (Å²) in [4.78, 5) is 19.4. The summed E-state index contributed by atoms with van der Waals surface area (Å²) in [7, 11) is 0. The van der Waals surface area contributed by atoms with Gasteiger partial charge in [-0.2, -0.15) is 0 Å². The van der Waals surface area contributed by atoms with Crippen LogP contribution in [0.5, 0.6) is 0 Å². The van der Waals surface area contributed by atoms with Crippen LogP contribution in [0.15, 0.2) is 30.3 Å². The van der Waals surface area contributed by atoms with Crippen LogP contribution in [0.2, 0.25) is 0 Å². The van der Waals surface area contributed by atoms with Crippen molar-refractivity contribution in [2.75, 3.05) is 11.9 Å². The van der Waals surface area contributed by atoms with E-state index >= 15 is 0 Å². The van der Waals surface area contributed by atoms with Crippen molar-refractivity contribution in [1.29, 1.82) is 0 Å². The van der Waals surface area contributed by atoms with E-state index in [-0.39, 0.29) is 17.3 Å². The van der Waals surface area contributed by atoms with E-state index in [0.717, 1.165) is 0 Å². The van der Waals surface area contributed by atoms with Crippen LogP contribution in [0.3, 0.4) is 0 Å². The molecule has 0 fully saturated rings. The molecule has 5 nitrogen and oxygen atoms in total. The van der Waals surface area contributed by atoms with E-state index in [0.29, 0.717) is 23.8 Å². The standard InChI is InChI=1S/C15H16FN3O2/c1-9(2)8-17-13-7-12(15(20)21)18-14(19-13)10-3-5-11(16)6-4-10/h3-7,9H,8H2,1-2H3,(H,20,21)(H,17,18,19). The van der Waals surface area contributed by atoms with Gasteiger partial charge in [-0.3, -0.25) is 0 Å². The number of halogens is 1. The van der Waals surface area contributed by atoms with Gasteiger partial charge in [-0.25, -0.2) is 19.2 Å². The Kier molecular flexibility index (Phi) is 4.47. The van der Waals surface area contributed by atoms with Gasteiger partial charge >= 0.3 is 5.97 Å². The van der Waals surface area contributed by atoms with Gasteiger partial charge in [-0.15, -0.1) is 0 Å². The van der Waals surface area contributed by atoms with Crippen molar-refractivity contribution in [3.05, 3.63) is 41.8 Å². The molecule has 0 aliphatic rings. The summed E-state index contributed by atoms with van der Waals surface area (Å²) in [6.07, 6.45) is 0. The van der Waals surface area contributed by atoms with Gasteiger partial charge in [0.1, 0.15) is 11.6 Å². The third-order valence-corrected chi connectivity index (χ3v) is 2.74. The van der Waals surface area contributed by atoms with Crippen LogP contribution in [0.25, 0.3) is 11.4 Å². The molecule has 2 rings (SSSR count). The number of aromatic carboxylic acids is 1. The lowest BCUT2D eigenvalue weighted by Crippen LogP contribution is -2.12. The Morgan fingerprint density at radius 2 is 1.95 bits per heavy atom. The second kappa shape index (κ2) is 6.30. The molecule has 0 atom stereocenters. The highest BCUT2D eigenvalue weighted by molar-refractivity contribution is 5.87. The van der Waals surface area contributed by atoms with Crippen molar-refractivity contribution < 1.29 is 14.3 Å². The number of carbonyl (C=O) groups is 1. The highest BCUT2D eigenvalue weighted by atomic mass is 19.1. The van der Waals surface area contributed by atoms with E-state index in [2.05, 4.69) is 15.3 Å². The third kappa shape index (κ3) is 3.98. The minimum absolute atomic E-state index is 0.101. The average molecular weight is 289 g/mol.